The van der Waals surface area contributed by atoms with Crippen molar-refractivity contribution in [3.8, 4) is 0 Å². The highest BCUT2D eigenvalue weighted by atomic mass is 19.4. The van der Waals surface area contributed by atoms with Crippen LogP contribution in [0, 0.1) is 18.8 Å². The summed E-state index contributed by atoms with van der Waals surface area (Å²) in [5.41, 5.74) is 4.96. The molecule has 0 aromatic carbocycles. The molecule has 2 aliphatic rings. The van der Waals surface area contributed by atoms with E-state index in [1.165, 1.54) is 12.1 Å². The first-order valence-electron chi connectivity index (χ1n) is 15.9. The van der Waals surface area contributed by atoms with Crippen molar-refractivity contribution < 1.29 is 37.5 Å². The van der Waals surface area contributed by atoms with Crippen molar-refractivity contribution >= 4 is 23.6 Å². The van der Waals surface area contributed by atoms with Crippen molar-refractivity contribution in [2.24, 2.45) is 17.6 Å². The van der Waals surface area contributed by atoms with Gasteiger partial charge in [0.15, 0.2) is 6.04 Å². The molecule has 4 amide bonds. The first-order valence-corrected chi connectivity index (χ1v) is 15.9. The van der Waals surface area contributed by atoms with Crippen molar-refractivity contribution in [1.29, 1.82) is 0 Å². The topological polar surface area (TPSA) is 167 Å². The molecular formula is C33H47F3N6O5. The van der Waals surface area contributed by atoms with E-state index < -0.39 is 66.6 Å². The van der Waals surface area contributed by atoms with E-state index in [9.17, 15) is 37.5 Å². The Bertz CT molecular complexity index is 1340. The number of fused-ring (bicyclic) bond motifs is 1. The number of nitrogens with zero attached hydrogens (tertiary/aromatic N) is 2. The van der Waals surface area contributed by atoms with Crippen LogP contribution in [0.2, 0.25) is 0 Å². The van der Waals surface area contributed by atoms with Crippen LogP contribution in [-0.2, 0) is 14.4 Å². The molecule has 1 aliphatic carbocycles. The lowest BCUT2D eigenvalue weighted by molar-refractivity contribution is -0.185. The molecule has 1 saturated heterocycles. The van der Waals surface area contributed by atoms with Crippen molar-refractivity contribution in [2.75, 3.05) is 13.1 Å². The maximum Gasteiger partial charge on any atom is 0.411 e. The highest BCUT2D eigenvalue weighted by Gasteiger charge is 2.49. The largest absolute Gasteiger partial charge is 0.411 e. The zero-order chi connectivity index (χ0) is 34.9. The molecule has 1 saturated carbocycles. The molecule has 1 aliphatic heterocycles. The number of hydrogen-bond donors (Lipinski definition) is 5. The molecule has 1 aromatic rings. The number of hydrogen-bond acceptors (Lipinski definition) is 7. The number of alkyl halides is 3. The fourth-order valence-electron chi connectivity index (χ4n) is 6.19. The SMILES string of the molecule is Cc1cccccccc(C(=O)NC(CC(N)=O)C(=O)NC(C(O)CN2CC3CCCCC3CC2C(=O)NC(C)(C)C)C(F)(F)F)n1. The van der Waals surface area contributed by atoms with Gasteiger partial charge in [-0.05, 0) is 64.5 Å². The van der Waals surface area contributed by atoms with Crippen LogP contribution in [0.4, 0.5) is 13.2 Å². The van der Waals surface area contributed by atoms with Gasteiger partial charge in [-0.3, -0.25) is 24.1 Å². The van der Waals surface area contributed by atoms with Crippen LogP contribution in [0.1, 0.15) is 75.5 Å². The Balaban J connectivity index is 1.83. The molecule has 0 spiro atoms. The second kappa shape index (κ2) is 16.4. The number of aromatic nitrogens is 1. The second-order valence-corrected chi connectivity index (χ2v) is 13.5. The Morgan fingerprint density at radius 2 is 1.62 bits per heavy atom. The summed E-state index contributed by atoms with van der Waals surface area (Å²) in [5.74, 6) is -3.26. The summed E-state index contributed by atoms with van der Waals surface area (Å²) in [4.78, 5) is 57.2. The quantitative estimate of drug-likeness (QED) is 0.257. The van der Waals surface area contributed by atoms with Crippen LogP contribution in [0.3, 0.4) is 0 Å². The third-order valence-electron chi connectivity index (χ3n) is 8.35. The minimum atomic E-state index is -5.12. The van der Waals surface area contributed by atoms with Crippen molar-refractivity contribution in [3.05, 3.63) is 53.9 Å². The zero-order valence-corrected chi connectivity index (χ0v) is 27.3. The van der Waals surface area contributed by atoms with E-state index in [0.29, 0.717) is 18.7 Å². The third-order valence-corrected chi connectivity index (χ3v) is 8.35. The molecule has 6 atom stereocenters. The normalized spacial score (nSPS) is 22.0. The monoisotopic (exact) mass is 664 g/mol. The van der Waals surface area contributed by atoms with Gasteiger partial charge in [0.2, 0.25) is 17.7 Å². The van der Waals surface area contributed by atoms with Crippen LogP contribution in [0.15, 0.2) is 42.5 Å². The average molecular weight is 665 g/mol. The Hall–Kier alpha value is -3.78. The van der Waals surface area contributed by atoms with Crippen molar-refractivity contribution in [3.63, 3.8) is 0 Å². The van der Waals surface area contributed by atoms with Gasteiger partial charge < -0.3 is 26.8 Å². The van der Waals surface area contributed by atoms with E-state index in [1.54, 1.807) is 47.5 Å². The second-order valence-electron chi connectivity index (χ2n) is 13.5. The molecule has 47 heavy (non-hydrogen) atoms. The lowest BCUT2D eigenvalue weighted by Crippen LogP contribution is -2.63. The molecule has 0 bridgehead atoms. The molecule has 11 nitrogen and oxygen atoms in total. The number of rotatable bonds is 10. The van der Waals surface area contributed by atoms with Crippen LogP contribution in [-0.4, -0.2) is 87.7 Å². The summed E-state index contributed by atoms with van der Waals surface area (Å²) in [5, 5.41) is 18.0. The summed E-state index contributed by atoms with van der Waals surface area (Å²) >= 11 is 0. The van der Waals surface area contributed by atoms with Crippen LogP contribution >= 0.6 is 0 Å². The van der Waals surface area contributed by atoms with Gasteiger partial charge in [0.25, 0.3) is 5.91 Å². The number of nitrogens with one attached hydrogen (secondary N) is 3. The Labute approximate surface area is 273 Å². The standard InChI is InChI=1S/C33H47F3N6O5/c1-20-12-8-6-5-7-9-15-23(38-20)29(45)39-24(17-27(37)44)30(46)40-28(33(34,35)36)26(43)19-42-18-22-14-11-10-13-21(22)16-25(42)31(47)41-32(2,3)4/h5-9,12,15,21-22,24-26,28,43H,10-11,13-14,16-19H2,1-4H3,(H2,37,44)(H,39,45)(H,40,46)(H,41,47). The van der Waals surface area contributed by atoms with Gasteiger partial charge in [0.05, 0.1) is 18.6 Å². The molecule has 0 radical (unpaired) electrons. The van der Waals surface area contributed by atoms with E-state index >= 15 is 0 Å². The minimum absolute atomic E-state index is 0.168. The maximum absolute atomic E-state index is 14.4. The van der Waals surface area contributed by atoms with Gasteiger partial charge in [-0.25, -0.2) is 4.98 Å². The summed E-state index contributed by atoms with van der Waals surface area (Å²) in [6.45, 7) is 6.83. The van der Waals surface area contributed by atoms with Crippen LogP contribution < -0.4 is 21.7 Å². The first-order chi connectivity index (χ1) is 21.9. The summed E-state index contributed by atoms with van der Waals surface area (Å²) in [6, 6.07) is 5.87. The molecule has 3 rings (SSSR count). The van der Waals surface area contributed by atoms with Gasteiger partial charge in [0.1, 0.15) is 11.7 Å². The van der Waals surface area contributed by atoms with Gasteiger partial charge in [-0.15, -0.1) is 0 Å². The molecular weight excluding hydrogens is 617 g/mol. The van der Waals surface area contributed by atoms with E-state index in [4.69, 9.17) is 5.73 Å². The Morgan fingerprint density at radius 1 is 1.00 bits per heavy atom. The highest BCUT2D eigenvalue weighted by molar-refractivity contribution is 5.97. The number of aliphatic hydroxyl groups excluding tert-OH is 1. The average Bonchev–Trinajstić information content (AvgIpc) is 2.96. The van der Waals surface area contributed by atoms with E-state index in [1.807, 2.05) is 20.8 Å². The van der Waals surface area contributed by atoms with E-state index in [-0.39, 0.29) is 23.4 Å². The number of carbonyl (C=O) groups excluding carboxylic acids is 4. The molecule has 14 heteroatoms. The minimum Gasteiger partial charge on any atom is -0.389 e. The number of nitrogens with two attached hydrogens (primary N) is 1. The zero-order valence-electron chi connectivity index (χ0n) is 27.3. The fraction of sp³-hybridized carbons (Fsp3) is 0.606. The summed E-state index contributed by atoms with van der Waals surface area (Å²) in [7, 11) is 0. The number of primary amides is 1. The van der Waals surface area contributed by atoms with Crippen LogP contribution in [0.5, 0.6) is 0 Å². The number of amides is 4. The first kappa shape index (κ1) is 37.7. The summed E-state index contributed by atoms with van der Waals surface area (Å²) < 4.78 is 43.2. The maximum atomic E-state index is 14.4. The molecule has 2 heterocycles. The third kappa shape index (κ3) is 11.8. The number of aryl methyl sites for hydroxylation is 1. The van der Waals surface area contributed by atoms with E-state index in [2.05, 4.69) is 15.6 Å². The van der Waals surface area contributed by atoms with Gasteiger partial charge in [-0.1, -0.05) is 49.6 Å². The molecule has 2 fully saturated rings. The van der Waals surface area contributed by atoms with Crippen molar-refractivity contribution in [1.82, 2.24) is 25.8 Å². The number of halogens is 3. The smallest absolute Gasteiger partial charge is 0.389 e. The lowest BCUT2D eigenvalue weighted by Gasteiger charge is -2.47. The number of β-amino-alcohol motifs (C(OH)–C–C–N with tert-alkyl or cyclic N) is 1. The number of piperidine rings is 1. The predicted molar refractivity (Wildman–Crippen MR) is 169 cm³/mol. The molecule has 6 unspecified atom stereocenters. The van der Waals surface area contributed by atoms with Crippen LogP contribution in [0.25, 0.3) is 0 Å². The fourth-order valence-corrected chi connectivity index (χ4v) is 6.19. The summed E-state index contributed by atoms with van der Waals surface area (Å²) in [6.07, 6.45) is -3.83. The molecule has 1 aromatic heterocycles. The lowest BCUT2D eigenvalue weighted by atomic mass is 9.72. The highest BCUT2D eigenvalue weighted by Crippen LogP contribution is 2.39. The van der Waals surface area contributed by atoms with Gasteiger partial charge in [0, 0.05) is 24.3 Å². The Kier molecular flexibility index (Phi) is 13.1. The predicted octanol–water partition coefficient (Wildman–Crippen LogP) is 2.69. The molecule has 6 N–H and O–H groups in total. The molecule has 260 valence electrons. The number of aliphatic hydroxyl groups is 1. The number of carbonyl (C=O) groups is 4. The number of likely N-dealkylation sites (tertiary alicyclic amines) is 1. The van der Waals surface area contributed by atoms with E-state index in [0.717, 1.165) is 25.7 Å². The van der Waals surface area contributed by atoms with Gasteiger partial charge >= 0.3 is 6.18 Å². The van der Waals surface area contributed by atoms with Gasteiger partial charge in [-0.2, -0.15) is 13.2 Å². The van der Waals surface area contributed by atoms with Crippen molar-refractivity contribution in [2.45, 2.75) is 102 Å². The Morgan fingerprint density at radius 3 is 2.23 bits per heavy atom.